The number of imidazole rings is 1. The van der Waals surface area contributed by atoms with E-state index in [1.807, 2.05) is 12.1 Å². The fraction of sp³-hybridized carbons (Fsp3) is 0.333. The first kappa shape index (κ1) is 18.9. The fourth-order valence-corrected chi connectivity index (χ4v) is 3.83. The van der Waals surface area contributed by atoms with Crippen LogP contribution < -0.4 is 5.32 Å². The molecule has 0 radical (unpaired) electrons. The Morgan fingerprint density at radius 1 is 1.24 bits per heavy atom. The summed E-state index contributed by atoms with van der Waals surface area (Å²) in [5.74, 6) is 0.626. The fourth-order valence-electron chi connectivity index (χ4n) is 3.83. The second-order valence-corrected chi connectivity index (χ2v) is 6.96. The number of carbonyl (C=O) groups is 2. The van der Waals surface area contributed by atoms with Crippen molar-refractivity contribution >= 4 is 28.9 Å². The van der Waals surface area contributed by atoms with Crippen LogP contribution >= 0.6 is 0 Å². The molecule has 0 spiro atoms. The molecule has 1 atom stereocenters. The molecule has 2 amide bonds. The van der Waals surface area contributed by atoms with Gasteiger partial charge in [-0.25, -0.2) is 19.6 Å². The molecule has 1 unspecified atom stereocenters. The smallest absolute Gasteiger partial charge is 0.339 e. The van der Waals surface area contributed by atoms with Crippen molar-refractivity contribution in [3.05, 3.63) is 54.0 Å². The van der Waals surface area contributed by atoms with Crippen molar-refractivity contribution in [2.45, 2.75) is 25.8 Å². The average molecular weight is 393 g/mol. The zero-order valence-electron chi connectivity index (χ0n) is 16.5. The van der Waals surface area contributed by atoms with E-state index in [2.05, 4.69) is 21.8 Å². The Morgan fingerprint density at radius 2 is 2.07 bits per heavy atom. The summed E-state index contributed by atoms with van der Waals surface area (Å²) < 4.78 is 6.91. The maximum atomic E-state index is 12.8. The topological polar surface area (TPSA) is 89.4 Å². The number of hydrogen-bond acceptors (Lipinski definition) is 5. The number of fused-ring (bicyclic) bond motifs is 1. The van der Waals surface area contributed by atoms with E-state index in [0.717, 1.165) is 30.0 Å². The average Bonchev–Trinajstić information content (AvgIpc) is 3.38. The van der Waals surface area contributed by atoms with E-state index in [-0.39, 0.29) is 11.9 Å². The van der Waals surface area contributed by atoms with Crippen LogP contribution in [0.25, 0.3) is 11.2 Å². The van der Waals surface area contributed by atoms with Crippen LogP contribution in [0.1, 0.15) is 35.4 Å². The first-order valence-electron chi connectivity index (χ1n) is 9.66. The van der Waals surface area contributed by atoms with Crippen molar-refractivity contribution in [1.29, 1.82) is 0 Å². The number of likely N-dealkylation sites (tertiary alicyclic amines) is 1. The van der Waals surface area contributed by atoms with E-state index in [1.165, 1.54) is 7.11 Å². The molecule has 0 aliphatic carbocycles. The number of methoxy groups -OCH3 is 1. The normalized spacial score (nSPS) is 16.2. The van der Waals surface area contributed by atoms with Crippen LogP contribution in [-0.2, 0) is 11.3 Å². The molecule has 8 nitrogen and oxygen atoms in total. The zero-order chi connectivity index (χ0) is 20.4. The van der Waals surface area contributed by atoms with Gasteiger partial charge in [0.25, 0.3) is 0 Å². The summed E-state index contributed by atoms with van der Waals surface area (Å²) in [4.78, 5) is 35.7. The van der Waals surface area contributed by atoms with Crippen molar-refractivity contribution in [3.8, 4) is 0 Å². The standard InChI is InChI=1S/C21H23N5O3/c1-3-26-18(23-17-9-6-11-22-19(17)26)14-10-12-25(13-14)21(28)24-16-8-5-4-7-15(16)20(27)29-2/h4-9,11,14H,3,10,12-13H2,1-2H3,(H,24,28). The summed E-state index contributed by atoms with van der Waals surface area (Å²) in [6.45, 7) is 4.04. The third kappa shape index (κ3) is 3.53. The number of aromatic nitrogens is 3. The van der Waals surface area contributed by atoms with Crippen LogP contribution in [0.2, 0.25) is 0 Å². The van der Waals surface area contributed by atoms with Crippen LogP contribution in [0, 0.1) is 0 Å². The summed E-state index contributed by atoms with van der Waals surface area (Å²) >= 11 is 0. The lowest BCUT2D eigenvalue weighted by Crippen LogP contribution is -2.33. The van der Waals surface area contributed by atoms with E-state index in [4.69, 9.17) is 9.72 Å². The van der Waals surface area contributed by atoms with Gasteiger partial charge in [0.05, 0.1) is 18.4 Å². The van der Waals surface area contributed by atoms with Gasteiger partial charge in [-0.3, -0.25) is 0 Å². The van der Waals surface area contributed by atoms with Crippen molar-refractivity contribution in [2.75, 3.05) is 25.5 Å². The predicted molar refractivity (Wildman–Crippen MR) is 109 cm³/mol. The van der Waals surface area contributed by atoms with E-state index in [1.54, 1.807) is 35.4 Å². The summed E-state index contributed by atoms with van der Waals surface area (Å²) in [6.07, 6.45) is 2.60. The van der Waals surface area contributed by atoms with Crippen LogP contribution in [0.15, 0.2) is 42.6 Å². The largest absolute Gasteiger partial charge is 0.465 e. The molecule has 1 saturated heterocycles. The molecule has 0 bridgehead atoms. The van der Waals surface area contributed by atoms with Crippen LogP contribution in [0.3, 0.4) is 0 Å². The number of benzene rings is 1. The van der Waals surface area contributed by atoms with Crippen molar-refractivity contribution in [2.24, 2.45) is 0 Å². The number of carbonyl (C=O) groups excluding carboxylic acids is 2. The lowest BCUT2D eigenvalue weighted by Gasteiger charge is -2.18. The number of anilines is 1. The Balaban J connectivity index is 1.51. The highest BCUT2D eigenvalue weighted by molar-refractivity contribution is 6.00. The van der Waals surface area contributed by atoms with Gasteiger partial charge in [-0.05, 0) is 37.6 Å². The molecule has 1 aliphatic heterocycles. The number of aryl methyl sites for hydroxylation is 1. The number of hydrogen-bond donors (Lipinski definition) is 1. The van der Waals surface area contributed by atoms with Crippen molar-refractivity contribution in [1.82, 2.24) is 19.4 Å². The number of esters is 1. The molecular formula is C21H23N5O3. The van der Waals surface area contributed by atoms with Gasteiger partial charge < -0.3 is 19.5 Å². The number of nitrogens with zero attached hydrogens (tertiary/aromatic N) is 4. The molecule has 1 N–H and O–H groups in total. The number of para-hydroxylation sites is 1. The minimum atomic E-state index is -0.482. The molecule has 3 aromatic rings. The molecule has 1 fully saturated rings. The Kier molecular flexibility index (Phi) is 5.16. The summed E-state index contributed by atoms with van der Waals surface area (Å²) in [7, 11) is 1.32. The Bertz CT molecular complexity index is 1060. The Morgan fingerprint density at radius 3 is 2.86 bits per heavy atom. The first-order valence-corrected chi connectivity index (χ1v) is 9.66. The van der Waals surface area contributed by atoms with Gasteiger partial charge >= 0.3 is 12.0 Å². The summed E-state index contributed by atoms with van der Waals surface area (Å²) in [5.41, 5.74) is 2.52. The number of ether oxygens (including phenoxy) is 1. The van der Waals surface area contributed by atoms with E-state index in [0.29, 0.717) is 24.3 Å². The van der Waals surface area contributed by atoms with Crippen LogP contribution in [0.5, 0.6) is 0 Å². The second-order valence-electron chi connectivity index (χ2n) is 6.96. The SMILES string of the molecule is CCn1c(C2CCN(C(=O)Nc3ccccc3C(=O)OC)C2)nc2cccnc21. The number of amides is 2. The third-order valence-electron chi connectivity index (χ3n) is 5.26. The van der Waals surface area contributed by atoms with Gasteiger partial charge in [0.1, 0.15) is 11.3 Å². The second kappa shape index (κ2) is 7.90. The molecule has 1 aliphatic rings. The first-order chi connectivity index (χ1) is 14.1. The van der Waals surface area contributed by atoms with Gasteiger partial charge in [0.15, 0.2) is 5.65 Å². The molecule has 150 valence electrons. The molecule has 29 heavy (non-hydrogen) atoms. The monoisotopic (exact) mass is 393 g/mol. The highest BCUT2D eigenvalue weighted by Gasteiger charge is 2.31. The molecule has 1 aromatic carbocycles. The quantitative estimate of drug-likeness (QED) is 0.687. The maximum absolute atomic E-state index is 12.8. The van der Waals surface area contributed by atoms with Crippen LogP contribution in [0.4, 0.5) is 10.5 Å². The summed E-state index contributed by atoms with van der Waals surface area (Å²) in [6, 6.07) is 10.4. The van der Waals surface area contributed by atoms with E-state index in [9.17, 15) is 9.59 Å². The van der Waals surface area contributed by atoms with Gasteiger partial charge in [-0.2, -0.15) is 0 Å². The maximum Gasteiger partial charge on any atom is 0.339 e. The zero-order valence-corrected chi connectivity index (χ0v) is 16.5. The van der Waals surface area contributed by atoms with Crippen molar-refractivity contribution in [3.63, 3.8) is 0 Å². The molecule has 8 heteroatoms. The third-order valence-corrected chi connectivity index (χ3v) is 5.26. The molecule has 4 rings (SSSR count). The van der Waals surface area contributed by atoms with Crippen molar-refractivity contribution < 1.29 is 14.3 Å². The number of nitrogens with one attached hydrogen (secondary N) is 1. The van der Waals surface area contributed by atoms with Gasteiger partial charge in [0.2, 0.25) is 0 Å². The molecular weight excluding hydrogens is 370 g/mol. The van der Waals surface area contributed by atoms with E-state index < -0.39 is 5.97 Å². The van der Waals surface area contributed by atoms with Gasteiger partial charge in [0, 0.05) is 31.7 Å². The highest BCUT2D eigenvalue weighted by Crippen LogP contribution is 2.29. The minimum absolute atomic E-state index is 0.144. The van der Waals surface area contributed by atoms with E-state index >= 15 is 0 Å². The number of rotatable bonds is 4. The Labute approximate surface area is 168 Å². The number of pyridine rings is 1. The minimum Gasteiger partial charge on any atom is -0.465 e. The van der Waals surface area contributed by atoms with Crippen LogP contribution in [-0.4, -0.2) is 51.6 Å². The molecule has 0 saturated carbocycles. The van der Waals surface area contributed by atoms with Gasteiger partial charge in [-0.1, -0.05) is 12.1 Å². The predicted octanol–water partition coefficient (Wildman–Crippen LogP) is 3.26. The lowest BCUT2D eigenvalue weighted by atomic mass is 10.1. The molecule has 3 heterocycles. The Hall–Kier alpha value is -3.42. The summed E-state index contributed by atoms with van der Waals surface area (Å²) in [5, 5.41) is 2.84. The molecule has 2 aromatic heterocycles. The lowest BCUT2D eigenvalue weighted by molar-refractivity contribution is 0.0602. The van der Waals surface area contributed by atoms with Gasteiger partial charge in [-0.15, -0.1) is 0 Å². The number of urea groups is 1. The highest BCUT2D eigenvalue weighted by atomic mass is 16.5.